The van der Waals surface area contributed by atoms with Crippen LogP contribution in [0.2, 0.25) is 0 Å². The number of aromatic hydroxyl groups is 4. The molecule has 2 saturated heterocycles. The largest absolute Gasteiger partial charge is 0.504 e. The normalized spacial score (nSPS) is 31.3. The molecule has 0 bridgehead atoms. The van der Waals surface area contributed by atoms with E-state index in [1.165, 1.54) is 24.3 Å². The van der Waals surface area contributed by atoms with Gasteiger partial charge in [0, 0.05) is 6.42 Å². The van der Waals surface area contributed by atoms with Crippen molar-refractivity contribution in [3.63, 3.8) is 0 Å². The second kappa shape index (κ2) is 15.0. The predicted octanol–water partition coefficient (Wildman–Crippen LogP) is -0.148. The van der Waals surface area contributed by atoms with Crippen molar-refractivity contribution in [1.29, 1.82) is 0 Å². The van der Waals surface area contributed by atoms with Gasteiger partial charge < -0.3 is 70.0 Å². The fourth-order valence-electron chi connectivity index (χ4n) is 5.28. The third-order valence-electron chi connectivity index (χ3n) is 8.02. The van der Waals surface area contributed by atoms with Crippen molar-refractivity contribution in [3.8, 4) is 23.0 Å². The molecule has 14 heteroatoms. The Morgan fingerprint density at radius 2 is 1.43 bits per heavy atom. The van der Waals surface area contributed by atoms with Gasteiger partial charge in [-0.15, -0.1) is 0 Å². The Hall–Kier alpha value is -2.76. The molecular formula is C30H42O14. The molecular weight excluding hydrogens is 584 g/mol. The number of aliphatic hydroxyl groups is 6. The number of aryl methyl sites for hydroxylation is 2. The van der Waals surface area contributed by atoms with Gasteiger partial charge in [0.2, 0.25) is 5.79 Å². The van der Waals surface area contributed by atoms with E-state index in [-0.39, 0.29) is 36.0 Å². The molecule has 0 aromatic heterocycles. The zero-order valence-electron chi connectivity index (χ0n) is 24.1. The summed E-state index contributed by atoms with van der Waals surface area (Å²) in [6.45, 7) is -1.22. The number of unbranched alkanes of at least 4 members (excludes halogenated alkanes) is 1. The number of ether oxygens (including phenoxy) is 4. The molecule has 9 unspecified atom stereocenters. The number of rotatable bonds is 14. The van der Waals surface area contributed by atoms with E-state index >= 15 is 0 Å². The molecule has 44 heavy (non-hydrogen) atoms. The number of phenolic OH excluding ortho intramolecular Hbond substituents is 4. The highest BCUT2D eigenvalue weighted by Gasteiger charge is 2.49. The summed E-state index contributed by atoms with van der Waals surface area (Å²) in [5, 5.41) is 99.8. The van der Waals surface area contributed by atoms with E-state index in [1.807, 2.05) is 0 Å². The third-order valence-corrected chi connectivity index (χ3v) is 8.02. The lowest BCUT2D eigenvalue weighted by molar-refractivity contribution is -0.325. The van der Waals surface area contributed by atoms with Gasteiger partial charge in [0.25, 0.3) is 0 Å². The highest BCUT2D eigenvalue weighted by atomic mass is 16.8. The van der Waals surface area contributed by atoms with E-state index in [9.17, 15) is 51.1 Å². The van der Waals surface area contributed by atoms with Gasteiger partial charge in [-0.25, -0.2) is 0 Å². The SMILES string of the molecule is OCC1(O)OC(OCC2OC(OC(CCCCc3ccc(O)c(O)c3)CCc3ccc(O)c(O)c3)C(O)C(O)C2O)CC1O. The van der Waals surface area contributed by atoms with E-state index < -0.39 is 61.6 Å². The molecule has 0 radical (unpaired) electrons. The maximum atomic E-state index is 10.7. The van der Waals surface area contributed by atoms with Crippen molar-refractivity contribution in [2.45, 2.75) is 99.9 Å². The molecule has 9 atom stereocenters. The Balaban J connectivity index is 1.38. The number of benzene rings is 2. The minimum Gasteiger partial charge on any atom is -0.504 e. The molecule has 4 rings (SSSR count). The number of hydrogen-bond donors (Lipinski definition) is 10. The molecule has 2 fully saturated rings. The van der Waals surface area contributed by atoms with Crippen molar-refractivity contribution in [3.05, 3.63) is 47.5 Å². The lowest BCUT2D eigenvalue weighted by Crippen LogP contribution is -2.60. The average molecular weight is 627 g/mol. The van der Waals surface area contributed by atoms with Gasteiger partial charge in [-0.05, 0) is 67.5 Å². The summed E-state index contributed by atoms with van der Waals surface area (Å²) < 4.78 is 22.6. The second-order valence-electron chi connectivity index (χ2n) is 11.3. The van der Waals surface area contributed by atoms with Crippen LogP contribution in [0, 0.1) is 0 Å². The first-order chi connectivity index (χ1) is 20.9. The highest BCUT2D eigenvalue weighted by molar-refractivity contribution is 5.41. The molecule has 0 aliphatic carbocycles. The molecule has 2 aromatic carbocycles. The van der Waals surface area contributed by atoms with Gasteiger partial charge in [-0.3, -0.25) is 0 Å². The van der Waals surface area contributed by atoms with Crippen molar-refractivity contribution in [2.24, 2.45) is 0 Å². The van der Waals surface area contributed by atoms with Crippen LogP contribution in [-0.2, 0) is 31.8 Å². The van der Waals surface area contributed by atoms with Crippen molar-refractivity contribution in [1.82, 2.24) is 0 Å². The van der Waals surface area contributed by atoms with Gasteiger partial charge in [-0.1, -0.05) is 18.6 Å². The zero-order chi connectivity index (χ0) is 32.0. The summed E-state index contributed by atoms with van der Waals surface area (Å²) in [6.07, 6.45) is -7.28. The lowest BCUT2D eigenvalue weighted by atomic mass is 9.98. The van der Waals surface area contributed by atoms with Gasteiger partial charge in [0.05, 0.1) is 19.3 Å². The molecule has 0 spiro atoms. The minimum absolute atomic E-state index is 0.163. The van der Waals surface area contributed by atoms with Crippen LogP contribution in [0.15, 0.2) is 36.4 Å². The Morgan fingerprint density at radius 1 is 0.795 bits per heavy atom. The average Bonchev–Trinajstić information content (AvgIpc) is 3.29. The van der Waals surface area contributed by atoms with Crippen molar-refractivity contribution in [2.75, 3.05) is 13.2 Å². The number of phenols is 4. The molecule has 2 aliphatic heterocycles. The fraction of sp³-hybridized carbons (Fsp3) is 0.600. The maximum absolute atomic E-state index is 10.7. The third kappa shape index (κ3) is 8.48. The second-order valence-corrected chi connectivity index (χ2v) is 11.3. The van der Waals surface area contributed by atoms with Crippen LogP contribution in [0.5, 0.6) is 23.0 Å². The summed E-state index contributed by atoms with van der Waals surface area (Å²) in [5.41, 5.74) is 1.56. The predicted molar refractivity (Wildman–Crippen MR) is 150 cm³/mol. The van der Waals surface area contributed by atoms with Crippen LogP contribution < -0.4 is 0 Å². The van der Waals surface area contributed by atoms with Crippen molar-refractivity contribution >= 4 is 0 Å². The molecule has 246 valence electrons. The molecule has 2 aliphatic rings. The molecule has 2 heterocycles. The monoisotopic (exact) mass is 626 g/mol. The fourth-order valence-corrected chi connectivity index (χ4v) is 5.28. The van der Waals surface area contributed by atoms with Gasteiger partial charge >= 0.3 is 0 Å². The van der Waals surface area contributed by atoms with E-state index in [4.69, 9.17) is 18.9 Å². The van der Waals surface area contributed by atoms with Gasteiger partial charge in [-0.2, -0.15) is 0 Å². The summed E-state index contributed by atoms with van der Waals surface area (Å²) >= 11 is 0. The summed E-state index contributed by atoms with van der Waals surface area (Å²) in [6, 6.07) is 9.08. The van der Waals surface area contributed by atoms with E-state index in [0.717, 1.165) is 11.1 Å². The molecule has 10 N–H and O–H groups in total. The van der Waals surface area contributed by atoms with Crippen LogP contribution in [0.4, 0.5) is 0 Å². The number of aliphatic hydroxyl groups excluding tert-OH is 5. The van der Waals surface area contributed by atoms with Crippen molar-refractivity contribution < 1.29 is 70.0 Å². The maximum Gasteiger partial charge on any atom is 0.218 e. The Bertz CT molecular complexity index is 1210. The molecule has 14 nitrogen and oxygen atoms in total. The first-order valence-corrected chi connectivity index (χ1v) is 14.6. The summed E-state index contributed by atoms with van der Waals surface area (Å²) in [7, 11) is 0. The van der Waals surface area contributed by atoms with Crippen LogP contribution in [-0.4, -0.2) is 119 Å². The first-order valence-electron chi connectivity index (χ1n) is 14.6. The molecule has 2 aromatic rings. The van der Waals surface area contributed by atoms with E-state index in [2.05, 4.69) is 0 Å². The highest BCUT2D eigenvalue weighted by Crippen LogP contribution is 2.32. The molecule has 0 amide bonds. The topological polar surface area (TPSA) is 239 Å². The zero-order valence-corrected chi connectivity index (χ0v) is 24.1. The van der Waals surface area contributed by atoms with E-state index in [0.29, 0.717) is 38.5 Å². The van der Waals surface area contributed by atoms with Crippen LogP contribution in [0.25, 0.3) is 0 Å². The summed E-state index contributed by atoms with van der Waals surface area (Å²) in [5.74, 6) is -3.12. The van der Waals surface area contributed by atoms with Crippen LogP contribution in [0.3, 0.4) is 0 Å². The standard InChI is InChI=1S/C30H42O14/c31-15-30(40)24(36)13-25(44-30)41-14-23-26(37)27(38)28(39)29(43-23)42-18(8-5-17-7-10-20(33)22(35)12-17)4-2-1-3-16-6-9-19(32)21(34)11-16/h6-7,9-12,18,23-29,31-40H,1-5,8,13-15H2. The van der Waals surface area contributed by atoms with Gasteiger partial charge in [0.1, 0.15) is 30.5 Å². The minimum atomic E-state index is -2.19. The Morgan fingerprint density at radius 3 is 2.02 bits per heavy atom. The number of hydrogen-bond acceptors (Lipinski definition) is 14. The smallest absolute Gasteiger partial charge is 0.218 e. The van der Waals surface area contributed by atoms with E-state index in [1.54, 1.807) is 12.1 Å². The lowest BCUT2D eigenvalue weighted by Gasteiger charge is -2.41. The first kappa shape index (κ1) is 34.1. The quantitative estimate of drug-likeness (QED) is 0.0970. The van der Waals surface area contributed by atoms with Gasteiger partial charge in [0.15, 0.2) is 35.6 Å². The van der Waals surface area contributed by atoms with Crippen LogP contribution >= 0.6 is 0 Å². The Kier molecular flexibility index (Phi) is 11.6. The van der Waals surface area contributed by atoms with Crippen LogP contribution in [0.1, 0.15) is 43.2 Å². The molecule has 0 saturated carbocycles. The summed E-state index contributed by atoms with van der Waals surface area (Å²) in [4.78, 5) is 0. The Labute approximate surface area is 253 Å².